The third kappa shape index (κ3) is 3.47. The van der Waals surface area contributed by atoms with Gasteiger partial charge in [0, 0.05) is 31.8 Å². The van der Waals surface area contributed by atoms with Crippen molar-refractivity contribution < 1.29 is 9.59 Å². The molecular formula is C16H20N2O2. The van der Waals surface area contributed by atoms with E-state index < -0.39 is 0 Å². The first kappa shape index (κ1) is 14.3. The first-order valence-electron chi connectivity index (χ1n) is 6.99. The van der Waals surface area contributed by atoms with Gasteiger partial charge in [0.05, 0.1) is 0 Å². The molecule has 1 heterocycles. The molecular weight excluding hydrogens is 252 g/mol. The summed E-state index contributed by atoms with van der Waals surface area (Å²) in [5, 5.41) is 0. The van der Waals surface area contributed by atoms with E-state index in [4.69, 9.17) is 0 Å². The minimum atomic E-state index is 0.0851. The van der Waals surface area contributed by atoms with Crippen LogP contribution in [-0.4, -0.2) is 48.3 Å². The molecule has 0 radical (unpaired) electrons. The Hall–Kier alpha value is -2.10. The number of hydrogen-bond donors (Lipinski definition) is 0. The minimum Gasteiger partial charge on any atom is -0.342 e. The summed E-state index contributed by atoms with van der Waals surface area (Å²) in [5.41, 5.74) is 1.86. The highest BCUT2D eigenvalue weighted by Crippen LogP contribution is 2.14. The van der Waals surface area contributed by atoms with Gasteiger partial charge < -0.3 is 9.80 Å². The highest BCUT2D eigenvalue weighted by atomic mass is 16.2. The average molecular weight is 272 g/mol. The van der Waals surface area contributed by atoms with Gasteiger partial charge in [0.1, 0.15) is 0 Å². The molecule has 0 spiro atoms. The molecule has 0 aromatic heterocycles. The predicted octanol–water partition coefficient (Wildman–Crippen LogP) is 1.78. The van der Waals surface area contributed by atoms with E-state index in [-0.39, 0.29) is 5.91 Å². The van der Waals surface area contributed by atoms with Crippen molar-refractivity contribution in [1.29, 1.82) is 0 Å². The standard InChI is InChI=1S/C16H20N2O2/c1-2-15(12-14-6-4-3-5-7-14)16(20)18-10-8-17(13-19)9-11-18/h3-7,12-13H,2,8-11H2,1H3/b15-12+. The Labute approximate surface area is 119 Å². The molecule has 1 fully saturated rings. The third-order valence-corrected chi connectivity index (χ3v) is 3.55. The van der Waals surface area contributed by atoms with Crippen molar-refractivity contribution in [2.45, 2.75) is 13.3 Å². The van der Waals surface area contributed by atoms with E-state index >= 15 is 0 Å². The summed E-state index contributed by atoms with van der Waals surface area (Å²) in [7, 11) is 0. The Kier molecular flexibility index (Phi) is 4.93. The number of hydrogen-bond acceptors (Lipinski definition) is 2. The van der Waals surface area contributed by atoms with Crippen LogP contribution in [0, 0.1) is 0 Å². The summed E-state index contributed by atoms with van der Waals surface area (Å²) in [5.74, 6) is 0.0851. The maximum absolute atomic E-state index is 12.5. The molecule has 1 aromatic carbocycles. The van der Waals surface area contributed by atoms with Crippen molar-refractivity contribution in [3.63, 3.8) is 0 Å². The normalized spacial score (nSPS) is 16.1. The number of amides is 2. The van der Waals surface area contributed by atoms with Crippen LogP contribution in [0.1, 0.15) is 18.9 Å². The summed E-state index contributed by atoms with van der Waals surface area (Å²) in [6.07, 6.45) is 3.51. The summed E-state index contributed by atoms with van der Waals surface area (Å²) in [6, 6.07) is 9.88. The van der Waals surface area contributed by atoms with Gasteiger partial charge in [-0.05, 0) is 18.1 Å². The fourth-order valence-electron chi connectivity index (χ4n) is 2.30. The quantitative estimate of drug-likeness (QED) is 0.619. The molecule has 106 valence electrons. The van der Waals surface area contributed by atoms with E-state index in [9.17, 15) is 9.59 Å². The predicted molar refractivity (Wildman–Crippen MR) is 78.9 cm³/mol. The molecule has 1 aliphatic heterocycles. The van der Waals surface area contributed by atoms with E-state index in [0.717, 1.165) is 17.5 Å². The van der Waals surface area contributed by atoms with E-state index in [1.54, 1.807) is 4.90 Å². The molecule has 0 unspecified atom stereocenters. The van der Waals surface area contributed by atoms with Gasteiger partial charge in [-0.25, -0.2) is 0 Å². The molecule has 0 atom stereocenters. The molecule has 1 saturated heterocycles. The van der Waals surface area contributed by atoms with Crippen LogP contribution in [0.5, 0.6) is 0 Å². The van der Waals surface area contributed by atoms with Gasteiger partial charge in [0.2, 0.25) is 12.3 Å². The summed E-state index contributed by atoms with van der Waals surface area (Å²) < 4.78 is 0. The molecule has 4 nitrogen and oxygen atoms in total. The van der Waals surface area contributed by atoms with Crippen molar-refractivity contribution in [1.82, 2.24) is 9.80 Å². The fourth-order valence-corrected chi connectivity index (χ4v) is 2.30. The zero-order valence-electron chi connectivity index (χ0n) is 11.8. The van der Waals surface area contributed by atoms with Crippen LogP contribution in [0.15, 0.2) is 35.9 Å². The maximum Gasteiger partial charge on any atom is 0.249 e. The van der Waals surface area contributed by atoms with Gasteiger partial charge in [-0.2, -0.15) is 0 Å². The van der Waals surface area contributed by atoms with Gasteiger partial charge in [-0.1, -0.05) is 37.3 Å². The zero-order valence-corrected chi connectivity index (χ0v) is 11.8. The van der Waals surface area contributed by atoms with Gasteiger partial charge in [0.15, 0.2) is 0 Å². The topological polar surface area (TPSA) is 40.6 Å². The number of carbonyl (C=O) groups is 2. The van der Waals surface area contributed by atoms with Crippen LogP contribution in [0.25, 0.3) is 6.08 Å². The lowest BCUT2D eigenvalue weighted by Crippen LogP contribution is -2.48. The molecule has 4 heteroatoms. The molecule has 20 heavy (non-hydrogen) atoms. The lowest BCUT2D eigenvalue weighted by atomic mass is 10.1. The number of nitrogens with zero attached hydrogens (tertiary/aromatic N) is 2. The van der Waals surface area contributed by atoms with Crippen LogP contribution >= 0.6 is 0 Å². The molecule has 0 saturated carbocycles. The zero-order chi connectivity index (χ0) is 14.4. The van der Waals surface area contributed by atoms with Gasteiger partial charge >= 0.3 is 0 Å². The molecule has 0 aliphatic carbocycles. The van der Waals surface area contributed by atoms with Crippen LogP contribution in [0.4, 0.5) is 0 Å². The summed E-state index contributed by atoms with van der Waals surface area (Å²) >= 11 is 0. The Morgan fingerprint density at radius 2 is 1.80 bits per heavy atom. The number of carbonyl (C=O) groups excluding carboxylic acids is 2. The molecule has 1 aliphatic rings. The third-order valence-electron chi connectivity index (χ3n) is 3.55. The SMILES string of the molecule is CC/C(=C\c1ccccc1)C(=O)N1CCN(C=O)CC1. The Bertz CT molecular complexity index is 488. The lowest BCUT2D eigenvalue weighted by molar-refractivity contribution is -0.131. The first-order valence-corrected chi connectivity index (χ1v) is 6.99. The highest BCUT2D eigenvalue weighted by molar-refractivity contribution is 5.97. The van der Waals surface area contributed by atoms with Crippen molar-refractivity contribution in [2.24, 2.45) is 0 Å². The Morgan fingerprint density at radius 3 is 2.35 bits per heavy atom. The van der Waals surface area contributed by atoms with Crippen LogP contribution in [0.3, 0.4) is 0 Å². The Balaban J connectivity index is 2.06. The number of rotatable bonds is 4. The Morgan fingerprint density at radius 1 is 1.15 bits per heavy atom. The van der Waals surface area contributed by atoms with Gasteiger partial charge in [0.25, 0.3) is 0 Å². The minimum absolute atomic E-state index is 0.0851. The van der Waals surface area contributed by atoms with Crippen molar-refractivity contribution in [2.75, 3.05) is 26.2 Å². The van der Waals surface area contributed by atoms with Crippen LogP contribution in [-0.2, 0) is 9.59 Å². The second-order valence-electron chi connectivity index (χ2n) is 4.87. The fraction of sp³-hybridized carbons (Fsp3) is 0.375. The van der Waals surface area contributed by atoms with Crippen LogP contribution < -0.4 is 0 Å². The van der Waals surface area contributed by atoms with Crippen molar-refractivity contribution in [3.05, 3.63) is 41.5 Å². The number of piperazine rings is 1. The van der Waals surface area contributed by atoms with E-state index in [2.05, 4.69) is 0 Å². The van der Waals surface area contributed by atoms with E-state index in [1.807, 2.05) is 48.2 Å². The van der Waals surface area contributed by atoms with Gasteiger partial charge in [-0.3, -0.25) is 9.59 Å². The summed E-state index contributed by atoms with van der Waals surface area (Å²) in [4.78, 5) is 26.7. The highest BCUT2D eigenvalue weighted by Gasteiger charge is 2.21. The van der Waals surface area contributed by atoms with Crippen LogP contribution in [0.2, 0.25) is 0 Å². The molecule has 0 bridgehead atoms. The van der Waals surface area contributed by atoms with E-state index in [0.29, 0.717) is 32.6 Å². The maximum atomic E-state index is 12.5. The second-order valence-corrected chi connectivity index (χ2v) is 4.87. The smallest absolute Gasteiger partial charge is 0.249 e. The summed E-state index contributed by atoms with van der Waals surface area (Å²) in [6.45, 7) is 4.47. The molecule has 2 rings (SSSR count). The second kappa shape index (κ2) is 6.89. The largest absolute Gasteiger partial charge is 0.342 e. The van der Waals surface area contributed by atoms with Crippen molar-refractivity contribution >= 4 is 18.4 Å². The first-order chi connectivity index (χ1) is 9.74. The molecule has 0 N–H and O–H groups in total. The van der Waals surface area contributed by atoms with Gasteiger partial charge in [-0.15, -0.1) is 0 Å². The lowest BCUT2D eigenvalue weighted by Gasteiger charge is -2.33. The monoisotopic (exact) mass is 272 g/mol. The molecule has 2 amide bonds. The van der Waals surface area contributed by atoms with E-state index in [1.165, 1.54) is 0 Å². The van der Waals surface area contributed by atoms with Crippen molar-refractivity contribution in [3.8, 4) is 0 Å². The number of benzene rings is 1. The average Bonchev–Trinajstić information content (AvgIpc) is 2.53. The molecule has 1 aromatic rings.